The Morgan fingerprint density at radius 2 is 1.81 bits per heavy atom. The summed E-state index contributed by atoms with van der Waals surface area (Å²) in [6.45, 7) is -1.20. The van der Waals surface area contributed by atoms with Crippen LogP contribution in [0.2, 0.25) is 0 Å². The number of thioether (sulfide) groups is 1. The van der Waals surface area contributed by atoms with Gasteiger partial charge in [0.05, 0.1) is 25.0 Å². The van der Waals surface area contributed by atoms with Crippen molar-refractivity contribution in [3.05, 3.63) is 42.5 Å². The second-order valence-corrected chi connectivity index (χ2v) is 7.49. The molecule has 1 heterocycles. The molecule has 0 radical (unpaired) electrons. The Morgan fingerprint density at radius 1 is 1.10 bits per heavy atom. The van der Waals surface area contributed by atoms with Crippen molar-refractivity contribution in [1.82, 2.24) is 15.2 Å². The third-order valence-electron chi connectivity index (χ3n) is 4.13. The third-order valence-corrected chi connectivity index (χ3v) is 5.09. The number of anilines is 1. The molecule has 164 valence electrons. The molecule has 2 aromatic carbocycles. The molecule has 0 aliphatic carbocycles. The standard InChI is InChI=1S/C20H20F2N4O4S/c1-11(18(27)23-12-4-6-13(7-5-12)30-19(21)22)31-20-24-17(25-26-20)15-9-8-14(28-2)10-16(15)29-3/h4-11,19H,1-3H3,(H,23,27)(H,24,25,26). The summed E-state index contributed by atoms with van der Waals surface area (Å²) in [4.78, 5) is 16.9. The lowest BCUT2D eigenvalue weighted by atomic mass is 10.2. The number of aromatic amines is 1. The van der Waals surface area contributed by atoms with Crippen LogP contribution in [-0.4, -0.2) is 47.2 Å². The molecule has 11 heteroatoms. The highest BCUT2D eigenvalue weighted by molar-refractivity contribution is 8.00. The first-order valence-corrected chi connectivity index (χ1v) is 9.94. The largest absolute Gasteiger partial charge is 0.497 e. The zero-order valence-corrected chi connectivity index (χ0v) is 17.7. The molecule has 2 N–H and O–H groups in total. The van der Waals surface area contributed by atoms with E-state index in [1.165, 1.54) is 24.3 Å². The summed E-state index contributed by atoms with van der Waals surface area (Å²) in [6, 6.07) is 11.0. The van der Waals surface area contributed by atoms with Gasteiger partial charge in [-0.25, -0.2) is 4.98 Å². The van der Waals surface area contributed by atoms with E-state index in [0.717, 1.165) is 11.8 Å². The van der Waals surface area contributed by atoms with Crippen LogP contribution in [0.1, 0.15) is 6.92 Å². The molecule has 3 aromatic rings. The first kappa shape index (κ1) is 22.3. The Hall–Kier alpha value is -3.34. The predicted molar refractivity (Wildman–Crippen MR) is 112 cm³/mol. The highest BCUT2D eigenvalue weighted by atomic mass is 32.2. The zero-order chi connectivity index (χ0) is 22.4. The molecular weight excluding hydrogens is 430 g/mol. The zero-order valence-electron chi connectivity index (χ0n) is 16.9. The normalized spacial score (nSPS) is 11.8. The molecule has 1 unspecified atom stereocenters. The van der Waals surface area contributed by atoms with Gasteiger partial charge in [-0.1, -0.05) is 11.8 Å². The Labute approximate surface area is 181 Å². The molecule has 0 bridgehead atoms. The van der Waals surface area contributed by atoms with E-state index in [1.54, 1.807) is 39.3 Å². The van der Waals surface area contributed by atoms with Crippen molar-refractivity contribution in [3.8, 4) is 28.6 Å². The minimum atomic E-state index is -2.90. The maximum absolute atomic E-state index is 12.4. The molecule has 0 saturated heterocycles. The number of alkyl halides is 2. The lowest BCUT2D eigenvalue weighted by Gasteiger charge is -2.11. The number of nitrogens with zero attached hydrogens (tertiary/aromatic N) is 2. The summed E-state index contributed by atoms with van der Waals surface area (Å²) in [5, 5.41) is 9.57. The van der Waals surface area contributed by atoms with E-state index in [9.17, 15) is 13.6 Å². The summed E-state index contributed by atoms with van der Waals surface area (Å²) in [7, 11) is 3.11. The molecule has 0 fully saturated rings. The van der Waals surface area contributed by atoms with Gasteiger partial charge in [0, 0.05) is 11.8 Å². The number of rotatable bonds is 9. The Balaban J connectivity index is 1.63. The molecule has 8 nitrogen and oxygen atoms in total. The first-order valence-electron chi connectivity index (χ1n) is 9.06. The molecule has 0 aliphatic heterocycles. The van der Waals surface area contributed by atoms with Gasteiger partial charge in [0.15, 0.2) is 5.82 Å². The highest BCUT2D eigenvalue weighted by Crippen LogP contribution is 2.32. The van der Waals surface area contributed by atoms with Crippen LogP contribution in [-0.2, 0) is 4.79 Å². The smallest absolute Gasteiger partial charge is 0.387 e. The summed E-state index contributed by atoms with van der Waals surface area (Å²) >= 11 is 1.16. The number of H-pyrrole nitrogens is 1. The van der Waals surface area contributed by atoms with Gasteiger partial charge in [0.1, 0.15) is 17.2 Å². The van der Waals surface area contributed by atoms with E-state index >= 15 is 0 Å². The molecule has 0 saturated carbocycles. The molecule has 0 spiro atoms. The maximum Gasteiger partial charge on any atom is 0.387 e. The molecule has 0 aliphatic rings. The molecular formula is C20H20F2N4O4S. The Morgan fingerprint density at radius 3 is 2.45 bits per heavy atom. The van der Waals surface area contributed by atoms with E-state index in [0.29, 0.717) is 33.7 Å². The molecule has 1 amide bonds. The second-order valence-electron chi connectivity index (χ2n) is 6.19. The van der Waals surface area contributed by atoms with Crippen LogP contribution in [0.15, 0.2) is 47.6 Å². The number of methoxy groups -OCH3 is 2. The van der Waals surface area contributed by atoms with Gasteiger partial charge in [-0.2, -0.15) is 8.78 Å². The van der Waals surface area contributed by atoms with Crippen molar-refractivity contribution in [2.24, 2.45) is 0 Å². The van der Waals surface area contributed by atoms with Gasteiger partial charge in [-0.3, -0.25) is 9.89 Å². The lowest BCUT2D eigenvalue weighted by Crippen LogP contribution is -2.22. The SMILES string of the molecule is COc1ccc(-c2nc(SC(C)C(=O)Nc3ccc(OC(F)F)cc3)n[nH]2)c(OC)c1. The van der Waals surface area contributed by atoms with Gasteiger partial charge in [0.25, 0.3) is 0 Å². The van der Waals surface area contributed by atoms with Crippen LogP contribution in [0.4, 0.5) is 14.5 Å². The highest BCUT2D eigenvalue weighted by Gasteiger charge is 2.19. The molecule has 31 heavy (non-hydrogen) atoms. The summed E-state index contributed by atoms with van der Waals surface area (Å²) in [5.41, 5.74) is 1.16. The summed E-state index contributed by atoms with van der Waals surface area (Å²) in [6.07, 6.45) is 0. The van der Waals surface area contributed by atoms with Crippen LogP contribution in [0.3, 0.4) is 0 Å². The van der Waals surface area contributed by atoms with Crippen LogP contribution in [0.5, 0.6) is 17.2 Å². The van der Waals surface area contributed by atoms with Crippen LogP contribution in [0, 0.1) is 0 Å². The monoisotopic (exact) mass is 450 g/mol. The van der Waals surface area contributed by atoms with Gasteiger partial charge in [-0.05, 0) is 43.3 Å². The van der Waals surface area contributed by atoms with Crippen molar-refractivity contribution < 1.29 is 27.8 Å². The first-order chi connectivity index (χ1) is 14.9. The van der Waals surface area contributed by atoms with Crippen molar-refractivity contribution in [2.45, 2.75) is 23.9 Å². The number of hydrogen-bond acceptors (Lipinski definition) is 7. The number of halogens is 2. The average Bonchev–Trinajstić information content (AvgIpc) is 3.22. The number of ether oxygens (including phenoxy) is 3. The van der Waals surface area contributed by atoms with Crippen molar-refractivity contribution >= 4 is 23.4 Å². The average molecular weight is 450 g/mol. The maximum atomic E-state index is 12.4. The van der Waals surface area contributed by atoms with Crippen LogP contribution < -0.4 is 19.5 Å². The number of aromatic nitrogens is 3. The fraction of sp³-hybridized carbons (Fsp3) is 0.250. The second kappa shape index (κ2) is 10.1. The quantitative estimate of drug-likeness (QED) is 0.471. The van der Waals surface area contributed by atoms with Gasteiger partial charge >= 0.3 is 6.61 Å². The van der Waals surface area contributed by atoms with E-state index < -0.39 is 11.9 Å². The van der Waals surface area contributed by atoms with Gasteiger partial charge in [0.2, 0.25) is 11.1 Å². The molecule has 1 aromatic heterocycles. The molecule has 3 rings (SSSR count). The van der Waals surface area contributed by atoms with Crippen LogP contribution >= 0.6 is 11.8 Å². The predicted octanol–water partition coefficient (Wildman–Crippen LogP) is 4.21. The third kappa shape index (κ3) is 5.85. The fourth-order valence-electron chi connectivity index (χ4n) is 2.59. The van der Waals surface area contributed by atoms with Gasteiger partial charge < -0.3 is 19.5 Å². The van der Waals surface area contributed by atoms with E-state index in [2.05, 4.69) is 25.2 Å². The minimum Gasteiger partial charge on any atom is -0.497 e. The fourth-order valence-corrected chi connectivity index (χ4v) is 3.31. The Kier molecular flexibility index (Phi) is 7.29. The van der Waals surface area contributed by atoms with E-state index in [1.807, 2.05) is 0 Å². The Bertz CT molecular complexity index is 1030. The van der Waals surface area contributed by atoms with Gasteiger partial charge in [-0.15, -0.1) is 5.10 Å². The topological polar surface area (TPSA) is 98.4 Å². The van der Waals surface area contributed by atoms with Crippen LogP contribution in [0.25, 0.3) is 11.4 Å². The summed E-state index contributed by atoms with van der Waals surface area (Å²) in [5.74, 6) is 1.42. The minimum absolute atomic E-state index is 0.0117. The van der Waals surface area contributed by atoms with E-state index in [-0.39, 0.29) is 11.7 Å². The number of carbonyl (C=O) groups is 1. The lowest BCUT2D eigenvalue weighted by molar-refractivity contribution is -0.115. The number of carbonyl (C=O) groups excluding carboxylic acids is 1. The number of amides is 1. The van der Waals surface area contributed by atoms with E-state index in [4.69, 9.17) is 9.47 Å². The van der Waals surface area contributed by atoms with Crippen molar-refractivity contribution in [2.75, 3.05) is 19.5 Å². The van der Waals surface area contributed by atoms with Crippen molar-refractivity contribution in [3.63, 3.8) is 0 Å². The number of benzene rings is 2. The number of hydrogen-bond donors (Lipinski definition) is 2. The summed E-state index contributed by atoms with van der Waals surface area (Å²) < 4.78 is 39.3. The number of nitrogens with one attached hydrogen (secondary N) is 2. The molecule has 1 atom stereocenters. The van der Waals surface area contributed by atoms with Crippen molar-refractivity contribution in [1.29, 1.82) is 0 Å².